The molecule has 0 saturated carbocycles. The minimum absolute atomic E-state index is 0.0918. The van der Waals surface area contributed by atoms with Crippen LogP contribution in [0.3, 0.4) is 0 Å². The Morgan fingerprint density at radius 2 is 1.91 bits per heavy atom. The van der Waals surface area contributed by atoms with Crippen LogP contribution in [0.2, 0.25) is 0 Å². The van der Waals surface area contributed by atoms with Crippen molar-refractivity contribution in [2.45, 2.75) is 0 Å². The molecule has 0 unspecified atom stereocenters. The SMILES string of the molecule is O=C(Oc1cccc2ccccc12)c1cc(F)cc2[nH]cnc12. The van der Waals surface area contributed by atoms with Crippen molar-refractivity contribution in [1.29, 1.82) is 0 Å². The van der Waals surface area contributed by atoms with E-state index in [-0.39, 0.29) is 5.56 Å². The van der Waals surface area contributed by atoms with Gasteiger partial charge < -0.3 is 9.72 Å². The van der Waals surface area contributed by atoms with Crippen molar-refractivity contribution in [1.82, 2.24) is 9.97 Å². The minimum Gasteiger partial charge on any atom is -0.422 e. The molecule has 4 rings (SSSR count). The summed E-state index contributed by atoms with van der Waals surface area (Å²) in [7, 11) is 0. The molecule has 1 aromatic heterocycles. The second-order valence-electron chi connectivity index (χ2n) is 5.12. The minimum atomic E-state index is -0.641. The number of ether oxygens (including phenoxy) is 1. The first-order chi connectivity index (χ1) is 11.2. The molecule has 0 amide bonds. The van der Waals surface area contributed by atoms with Gasteiger partial charge in [0, 0.05) is 5.39 Å². The van der Waals surface area contributed by atoms with Crippen LogP contribution in [0.5, 0.6) is 5.75 Å². The third-order valence-corrected chi connectivity index (χ3v) is 3.66. The molecule has 0 aliphatic carbocycles. The summed E-state index contributed by atoms with van der Waals surface area (Å²) >= 11 is 0. The lowest BCUT2D eigenvalue weighted by atomic mass is 10.1. The molecular weight excluding hydrogens is 295 g/mol. The molecule has 1 N–H and O–H groups in total. The molecular formula is C18H11FN2O2. The van der Waals surface area contributed by atoms with Crippen molar-refractivity contribution >= 4 is 27.8 Å². The summed E-state index contributed by atoms with van der Waals surface area (Å²) in [6.07, 6.45) is 1.42. The van der Waals surface area contributed by atoms with E-state index < -0.39 is 11.8 Å². The van der Waals surface area contributed by atoms with Crippen LogP contribution in [0.15, 0.2) is 60.9 Å². The molecule has 5 heteroatoms. The first kappa shape index (κ1) is 13.5. The molecule has 3 aromatic carbocycles. The first-order valence-electron chi connectivity index (χ1n) is 7.05. The summed E-state index contributed by atoms with van der Waals surface area (Å²) in [4.78, 5) is 19.3. The summed E-state index contributed by atoms with van der Waals surface area (Å²) < 4.78 is 19.2. The normalized spacial score (nSPS) is 11.0. The zero-order valence-electron chi connectivity index (χ0n) is 11.9. The van der Waals surface area contributed by atoms with Gasteiger partial charge in [0.2, 0.25) is 0 Å². The molecule has 4 nitrogen and oxygen atoms in total. The van der Waals surface area contributed by atoms with Gasteiger partial charge in [-0.25, -0.2) is 14.2 Å². The largest absolute Gasteiger partial charge is 0.422 e. The van der Waals surface area contributed by atoms with E-state index in [1.54, 1.807) is 12.1 Å². The Morgan fingerprint density at radius 3 is 2.83 bits per heavy atom. The number of hydrogen-bond acceptors (Lipinski definition) is 3. The van der Waals surface area contributed by atoms with Gasteiger partial charge in [-0.15, -0.1) is 0 Å². The number of aromatic nitrogens is 2. The Bertz CT molecular complexity index is 1030. The molecule has 0 radical (unpaired) electrons. The number of imidazole rings is 1. The van der Waals surface area contributed by atoms with Crippen LogP contribution in [0, 0.1) is 5.82 Å². The highest BCUT2D eigenvalue weighted by Gasteiger charge is 2.17. The van der Waals surface area contributed by atoms with Gasteiger partial charge in [-0.3, -0.25) is 0 Å². The summed E-state index contributed by atoms with van der Waals surface area (Å²) in [5, 5.41) is 1.78. The molecule has 112 valence electrons. The third-order valence-electron chi connectivity index (χ3n) is 3.66. The fourth-order valence-corrected chi connectivity index (χ4v) is 2.61. The van der Waals surface area contributed by atoms with Gasteiger partial charge >= 0.3 is 5.97 Å². The molecule has 0 aliphatic rings. The lowest BCUT2D eigenvalue weighted by Crippen LogP contribution is -2.10. The number of benzene rings is 3. The highest BCUT2D eigenvalue weighted by Crippen LogP contribution is 2.27. The Kier molecular flexibility index (Phi) is 3.05. The Hall–Kier alpha value is -3.21. The number of esters is 1. The van der Waals surface area contributed by atoms with Crippen LogP contribution >= 0.6 is 0 Å². The van der Waals surface area contributed by atoms with Gasteiger partial charge in [0.15, 0.2) is 0 Å². The number of carbonyl (C=O) groups is 1. The Labute approximate surface area is 130 Å². The molecule has 0 fully saturated rings. The molecule has 0 atom stereocenters. The third kappa shape index (κ3) is 2.32. The van der Waals surface area contributed by atoms with E-state index in [9.17, 15) is 9.18 Å². The molecule has 4 aromatic rings. The number of fused-ring (bicyclic) bond motifs is 2. The van der Waals surface area contributed by atoms with E-state index in [4.69, 9.17) is 4.74 Å². The molecule has 0 bridgehead atoms. The maximum Gasteiger partial charge on any atom is 0.345 e. The summed E-state index contributed by atoms with van der Waals surface area (Å²) in [5.74, 6) is -0.731. The topological polar surface area (TPSA) is 55.0 Å². The van der Waals surface area contributed by atoms with E-state index in [0.29, 0.717) is 16.8 Å². The molecule has 23 heavy (non-hydrogen) atoms. The van der Waals surface area contributed by atoms with Crippen LogP contribution in [0.25, 0.3) is 21.8 Å². The molecule has 1 heterocycles. The van der Waals surface area contributed by atoms with E-state index in [0.717, 1.165) is 16.8 Å². The summed E-state index contributed by atoms with van der Waals surface area (Å²) in [5.41, 5.74) is 0.931. The van der Waals surface area contributed by atoms with E-state index in [1.165, 1.54) is 12.4 Å². The number of rotatable bonds is 2. The number of halogens is 1. The zero-order chi connectivity index (χ0) is 15.8. The van der Waals surface area contributed by atoms with Crippen molar-refractivity contribution in [2.75, 3.05) is 0 Å². The fourth-order valence-electron chi connectivity index (χ4n) is 2.61. The first-order valence-corrected chi connectivity index (χ1v) is 7.05. The average Bonchev–Trinajstić information content (AvgIpc) is 3.02. The Balaban J connectivity index is 1.78. The number of H-pyrrole nitrogens is 1. The number of carbonyl (C=O) groups excluding carboxylic acids is 1. The van der Waals surface area contributed by atoms with Crippen molar-refractivity contribution in [3.8, 4) is 5.75 Å². The predicted molar refractivity (Wildman–Crippen MR) is 85.0 cm³/mol. The summed E-state index contributed by atoms with van der Waals surface area (Å²) in [6.45, 7) is 0. The second kappa shape index (κ2) is 5.21. The quantitative estimate of drug-likeness (QED) is 0.448. The number of aromatic amines is 1. The molecule has 0 spiro atoms. The van der Waals surface area contributed by atoms with Crippen molar-refractivity contribution < 1.29 is 13.9 Å². The van der Waals surface area contributed by atoms with Crippen LogP contribution in [-0.2, 0) is 0 Å². The van der Waals surface area contributed by atoms with Crippen LogP contribution in [0.4, 0.5) is 4.39 Å². The van der Waals surface area contributed by atoms with E-state index >= 15 is 0 Å². The Morgan fingerprint density at radius 1 is 1.09 bits per heavy atom. The van der Waals surface area contributed by atoms with Gasteiger partial charge in [0.1, 0.15) is 17.1 Å². The van der Waals surface area contributed by atoms with Crippen LogP contribution < -0.4 is 4.74 Å². The number of nitrogens with zero attached hydrogens (tertiary/aromatic N) is 1. The highest BCUT2D eigenvalue weighted by atomic mass is 19.1. The lowest BCUT2D eigenvalue weighted by molar-refractivity contribution is 0.0738. The monoisotopic (exact) mass is 306 g/mol. The van der Waals surface area contributed by atoms with Crippen LogP contribution in [0.1, 0.15) is 10.4 Å². The molecule has 0 saturated heterocycles. The van der Waals surface area contributed by atoms with Gasteiger partial charge in [-0.1, -0.05) is 36.4 Å². The van der Waals surface area contributed by atoms with E-state index in [1.807, 2.05) is 30.3 Å². The predicted octanol–water partition coefficient (Wildman–Crippen LogP) is 4.07. The van der Waals surface area contributed by atoms with Crippen molar-refractivity contribution in [2.24, 2.45) is 0 Å². The maximum atomic E-state index is 13.7. The standard InChI is InChI=1S/C18H11FN2O2/c19-12-8-14(17-15(9-12)20-10-21-17)18(22)23-16-7-3-5-11-4-1-2-6-13(11)16/h1-10H,(H,20,21). The molecule has 0 aliphatic heterocycles. The van der Waals surface area contributed by atoms with Gasteiger partial charge in [0.05, 0.1) is 17.4 Å². The average molecular weight is 306 g/mol. The lowest BCUT2D eigenvalue weighted by Gasteiger charge is -2.08. The number of nitrogens with one attached hydrogen (secondary N) is 1. The van der Waals surface area contributed by atoms with Gasteiger partial charge in [-0.05, 0) is 23.6 Å². The zero-order valence-corrected chi connectivity index (χ0v) is 11.9. The number of hydrogen-bond donors (Lipinski definition) is 1. The maximum absolute atomic E-state index is 13.7. The van der Waals surface area contributed by atoms with Gasteiger partial charge in [0.25, 0.3) is 0 Å². The van der Waals surface area contributed by atoms with Crippen molar-refractivity contribution in [3.05, 3.63) is 72.3 Å². The van der Waals surface area contributed by atoms with Gasteiger partial charge in [-0.2, -0.15) is 0 Å². The smallest absolute Gasteiger partial charge is 0.345 e. The fraction of sp³-hybridized carbons (Fsp3) is 0. The highest BCUT2D eigenvalue weighted by molar-refractivity contribution is 6.04. The second-order valence-corrected chi connectivity index (χ2v) is 5.12. The summed E-state index contributed by atoms with van der Waals surface area (Å²) in [6, 6.07) is 15.5. The van der Waals surface area contributed by atoms with Crippen LogP contribution in [-0.4, -0.2) is 15.9 Å². The van der Waals surface area contributed by atoms with Crippen molar-refractivity contribution in [3.63, 3.8) is 0 Å². The van der Waals surface area contributed by atoms with E-state index in [2.05, 4.69) is 9.97 Å².